The van der Waals surface area contributed by atoms with Gasteiger partial charge in [0.05, 0.1) is 11.6 Å². The van der Waals surface area contributed by atoms with Gasteiger partial charge in [-0.15, -0.1) is 0 Å². The van der Waals surface area contributed by atoms with Gasteiger partial charge in [0.1, 0.15) is 5.82 Å². The van der Waals surface area contributed by atoms with Crippen LogP contribution in [0.3, 0.4) is 0 Å². The van der Waals surface area contributed by atoms with Crippen molar-refractivity contribution in [1.29, 1.82) is 0 Å². The second-order valence-corrected chi connectivity index (χ2v) is 4.98. The summed E-state index contributed by atoms with van der Waals surface area (Å²) in [6.45, 7) is 3.21. The molecule has 2 aromatic rings. The number of aliphatic hydroxyl groups is 1. The molecule has 0 aliphatic heterocycles. The van der Waals surface area contributed by atoms with Crippen LogP contribution < -0.4 is 5.32 Å². The predicted molar refractivity (Wildman–Crippen MR) is 79.3 cm³/mol. The van der Waals surface area contributed by atoms with Gasteiger partial charge < -0.3 is 10.4 Å². The molecule has 4 nitrogen and oxygen atoms in total. The van der Waals surface area contributed by atoms with Crippen molar-refractivity contribution in [2.24, 2.45) is 0 Å². The van der Waals surface area contributed by atoms with Gasteiger partial charge in [0, 0.05) is 31.1 Å². The van der Waals surface area contributed by atoms with Gasteiger partial charge in [-0.3, -0.25) is 4.90 Å². The number of rotatable bonds is 5. The van der Waals surface area contributed by atoms with Crippen molar-refractivity contribution in [2.45, 2.75) is 19.6 Å². The number of hydrogen-bond acceptors (Lipinski definition) is 4. The second-order valence-electron chi connectivity index (χ2n) is 4.98. The van der Waals surface area contributed by atoms with Crippen LogP contribution in [-0.2, 0) is 6.54 Å². The Morgan fingerprint density at radius 1 is 1.37 bits per heavy atom. The summed E-state index contributed by atoms with van der Waals surface area (Å²) in [4.78, 5) is 6.72. The van der Waals surface area contributed by atoms with Crippen molar-refractivity contribution in [3.63, 3.8) is 0 Å². The molecule has 19 heavy (non-hydrogen) atoms. The van der Waals surface area contributed by atoms with E-state index in [1.165, 1.54) is 0 Å². The minimum absolute atomic E-state index is 0.323. The summed E-state index contributed by atoms with van der Waals surface area (Å²) in [6.07, 6.45) is -0.323. The van der Waals surface area contributed by atoms with E-state index in [0.29, 0.717) is 6.54 Å². The zero-order chi connectivity index (χ0) is 13.8. The van der Waals surface area contributed by atoms with Crippen LogP contribution in [0.1, 0.15) is 12.5 Å². The first kappa shape index (κ1) is 13.8. The predicted octanol–water partition coefficient (Wildman–Crippen LogP) is 2.09. The minimum atomic E-state index is -0.323. The van der Waals surface area contributed by atoms with E-state index in [1.807, 2.05) is 32.3 Å². The molecule has 0 bridgehead atoms. The Balaban J connectivity index is 2.30. The molecule has 0 spiro atoms. The van der Waals surface area contributed by atoms with Crippen molar-refractivity contribution < 1.29 is 5.11 Å². The van der Waals surface area contributed by atoms with E-state index >= 15 is 0 Å². The number of benzene rings is 1. The number of hydrogen-bond donors (Lipinski definition) is 2. The topological polar surface area (TPSA) is 48.4 Å². The van der Waals surface area contributed by atoms with Crippen molar-refractivity contribution in [3.05, 3.63) is 35.9 Å². The fraction of sp³-hybridized carbons (Fsp3) is 0.400. The lowest BCUT2D eigenvalue weighted by atomic mass is 10.1. The monoisotopic (exact) mass is 259 g/mol. The number of para-hydroxylation sites is 1. The van der Waals surface area contributed by atoms with Gasteiger partial charge in [-0.05, 0) is 26.1 Å². The number of fused-ring (bicyclic) bond motifs is 1. The first-order chi connectivity index (χ1) is 9.10. The van der Waals surface area contributed by atoms with Gasteiger partial charge in [0.2, 0.25) is 0 Å². The summed E-state index contributed by atoms with van der Waals surface area (Å²) in [6, 6.07) is 10.3. The number of nitrogens with one attached hydrogen (secondary N) is 1. The number of aliphatic hydroxyl groups excluding tert-OH is 1. The number of aromatic nitrogens is 1. The molecule has 1 unspecified atom stereocenters. The van der Waals surface area contributed by atoms with Gasteiger partial charge in [0.25, 0.3) is 0 Å². The fourth-order valence-corrected chi connectivity index (χ4v) is 2.30. The zero-order valence-electron chi connectivity index (χ0n) is 11.7. The highest BCUT2D eigenvalue weighted by atomic mass is 16.3. The minimum Gasteiger partial charge on any atom is -0.392 e. The van der Waals surface area contributed by atoms with E-state index in [2.05, 4.69) is 27.3 Å². The summed E-state index contributed by atoms with van der Waals surface area (Å²) >= 11 is 0. The molecule has 0 aliphatic carbocycles. The number of anilines is 1. The molecule has 1 aromatic carbocycles. The lowest BCUT2D eigenvalue weighted by molar-refractivity contribution is 0.138. The third-order valence-electron chi connectivity index (χ3n) is 3.06. The molecule has 2 rings (SSSR count). The Morgan fingerprint density at radius 3 is 2.79 bits per heavy atom. The molecule has 1 atom stereocenters. The molecule has 4 heteroatoms. The van der Waals surface area contributed by atoms with Crippen molar-refractivity contribution >= 4 is 16.7 Å². The van der Waals surface area contributed by atoms with Crippen LogP contribution in [0.4, 0.5) is 5.82 Å². The van der Waals surface area contributed by atoms with Gasteiger partial charge in [-0.25, -0.2) is 4.98 Å². The van der Waals surface area contributed by atoms with Crippen LogP contribution in [0.25, 0.3) is 10.9 Å². The average Bonchev–Trinajstić information content (AvgIpc) is 2.36. The molecule has 0 saturated carbocycles. The number of likely N-dealkylation sites (N-methyl/N-ethyl adjacent to an activating group) is 1. The molecule has 1 aromatic heterocycles. The summed E-state index contributed by atoms with van der Waals surface area (Å²) < 4.78 is 0. The fourth-order valence-electron chi connectivity index (χ4n) is 2.30. The van der Waals surface area contributed by atoms with E-state index < -0.39 is 0 Å². The second kappa shape index (κ2) is 5.99. The van der Waals surface area contributed by atoms with Crippen LogP contribution >= 0.6 is 0 Å². The summed E-state index contributed by atoms with van der Waals surface area (Å²) in [7, 11) is 3.89. The van der Waals surface area contributed by atoms with E-state index in [4.69, 9.17) is 0 Å². The average molecular weight is 259 g/mol. The number of pyridine rings is 1. The Kier molecular flexibility index (Phi) is 4.35. The highest BCUT2D eigenvalue weighted by Gasteiger charge is 2.09. The van der Waals surface area contributed by atoms with E-state index in [-0.39, 0.29) is 6.10 Å². The number of nitrogens with zero attached hydrogens (tertiary/aromatic N) is 2. The zero-order valence-corrected chi connectivity index (χ0v) is 11.7. The molecule has 2 N–H and O–H groups in total. The van der Waals surface area contributed by atoms with Gasteiger partial charge in [-0.2, -0.15) is 0 Å². The molecule has 0 radical (unpaired) electrons. The molecule has 102 valence electrons. The van der Waals surface area contributed by atoms with E-state index in [0.717, 1.165) is 28.8 Å². The van der Waals surface area contributed by atoms with Gasteiger partial charge in [0.15, 0.2) is 0 Å². The molecular weight excluding hydrogens is 238 g/mol. The normalized spacial score (nSPS) is 12.9. The third kappa shape index (κ3) is 3.43. The van der Waals surface area contributed by atoms with E-state index in [9.17, 15) is 5.11 Å². The van der Waals surface area contributed by atoms with Gasteiger partial charge in [-0.1, -0.05) is 18.2 Å². The van der Waals surface area contributed by atoms with Crippen LogP contribution in [0.5, 0.6) is 0 Å². The van der Waals surface area contributed by atoms with Gasteiger partial charge >= 0.3 is 0 Å². The maximum absolute atomic E-state index is 9.43. The maximum Gasteiger partial charge on any atom is 0.130 e. The van der Waals surface area contributed by atoms with Crippen molar-refractivity contribution in [3.8, 4) is 0 Å². The Bertz CT molecular complexity index is 554. The largest absolute Gasteiger partial charge is 0.392 e. The lowest BCUT2D eigenvalue weighted by Gasteiger charge is -2.20. The van der Waals surface area contributed by atoms with Crippen molar-refractivity contribution in [1.82, 2.24) is 9.88 Å². The summed E-state index contributed by atoms with van der Waals surface area (Å²) in [5, 5.41) is 13.7. The van der Waals surface area contributed by atoms with Crippen molar-refractivity contribution in [2.75, 3.05) is 26.0 Å². The quantitative estimate of drug-likeness (QED) is 0.863. The summed E-state index contributed by atoms with van der Waals surface area (Å²) in [5.41, 5.74) is 2.14. The Hall–Kier alpha value is -1.65. The molecule has 0 fully saturated rings. The Morgan fingerprint density at radius 2 is 2.11 bits per heavy atom. The third-order valence-corrected chi connectivity index (χ3v) is 3.06. The highest BCUT2D eigenvalue weighted by Crippen LogP contribution is 2.21. The maximum atomic E-state index is 9.43. The smallest absolute Gasteiger partial charge is 0.130 e. The molecular formula is C15H21N3O. The Labute approximate surface area is 114 Å². The molecule has 0 saturated heterocycles. The first-order valence-corrected chi connectivity index (χ1v) is 6.53. The SMILES string of the molecule is CNc1nc2ccccc2cc1CN(C)CC(C)O. The van der Waals surface area contributed by atoms with E-state index in [1.54, 1.807) is 6.92 Å². The van der Waals surface area contributed by atoms with Crippen LogP contribution in [0.15, 0.2) is 30.3 Å². The van der Waals surface area contributed by atoms with Crippen LogP contribution in [0.2, 0.25) is 0 Å². The van der Waals surface area contributed by atoms with Crippen LogP contribution in [0, 0.1) is 0 Å². The van der Waals surface area contributed by atoms with Crippen LogP contribution in [-0.4, -0.2) is 41.7 Å². The molecule has 1 heterocycles. The first-order valence-electron chi connectivity index (χ1n) is 6.53. The highest BCUT2D eigenvalue weighted by molar-refractivity contribution is 5.81. The standard InChI is InChI=1S/C15H21N3O/c1-11(19)9-18(3)10-13-8-12-6-4-5-7-14(12)17-15(13)16-2/h4-8,11,19H,9-10H2,1-3H3,(H,16,17). The molecule has 0 aliphatic rings. The molecule has 0 amide bonds. The summed E-state index contributed by atoms with van der Waals surface area (Å²) in [5.74, 6) is 0.899. The lowest BCUT2D eigenvalue weighted by Crippen LogP contribution is -2.27.